The molecule has 1 heterocycles. The standard InChI is InChI=1S/C33H40N2O4/c1-5-25-16-18-26(19-17-25)11-7-8-22-38-24-30-15-10-14-29(34-30)21-20-27-12-9-13-28(23-27)31(36)35-33(3,4)32(37)39-6-2/h9-10,12-21,23H,5-8,11,22,24H2,1-4H3,(H,35,36)/b21-20+. The predicted octanol–water partition coefficient (Wildman–Crippen LogP) is 6.43. The minimum Gasteiger partial charge on any atom is -0.464 e. The molecule has 206 valence electrons. The highest BCUT2D eigenvalue weighted by molar-refractivity contribution is 5.98. The summed E-state index contributed by atoms with van der Waals surface area (Å²) >= 11 is 0. The molecule has 0 radical (unpaired) electrons. The van der Waals surface area contributed by atoms with Crippen LogP contribution in [0.25, 0.3) is 12.2 Å². The molecule has 1 amide bonds. The van der Waals surface area contributed by atoms with Crippen LogP contribution in [0.2, 0.25) is 0 Å². The van der Waals surface area contributed by atoms with Crippen molar-refractivity contribution in [2.24, 2.45) is 0 Å². The Labute approximate surface area is 232 Å². The molecule has 0 saturated carbocycles. The van der Waals surface area contributed by atoms with Gasteiger partial charge in [0.25, 0.3) is 5.91 Å². The summed E-state index contributed by atoms with van der Waals surface area (Å²) in [6.45, 7) is 8.60. The van der Waals surface area contributed by atoms with Gasteiger partial charge in [-0.1, -0.05) is 55.5 Å². The monoisotopic (exact) mass is 528 g/mol. The van der Waals surface area contributed by atoms with Crippen molar-refractivity contribution in [1.29, 1.82) is 0 Å². The molecule has 0 spiro atoms. The molecule has 0 bridgehead atoms. The Morgan fingerprint density at radius 2 is 1.67 bits per heavy atom. The third-order valence-electron chi connectivity index (χ3n) is 6.32. The lowest BCUT2D eigenvalue weighted by molar-refractivity contribution is -0.149. The van der Waals surface area contributed by atoms with Crippen molar-refractivity contribution in [2.75, 3.05) is 13.2 Å². The number of ether oxygens (including phenoxy) is 2. The Bertz CT molecular complexity index is 1250. The summed E-state index contributed by atoms with van der Waals surface area (Å²) in [4.78, 5) is 29.5. The van der Waals surface area contributed by atoms with E-state index in [2.05, 4.69) is 41.5 Å². The lowest BCUT2D eigenvalue weighted by Gasteiger charge is -2.23. The number of nitrogens with zero attached hydrogens (tertiary/aromatic N) is 1. The van der Waals surface area contributed by atoms with Crippen LogP contribution in [0.4, 0.5) is 0 Å². The van der Waals surface area contributed by atoms with Gasteiger partial charge < -0.3 is 14.8 Å². The number of aryl methyl sites for hydroxylation is 2. The number of amides is 1. The fraction of sp³-hybridized carbons (Fsp3) is 0.364. The van der Waals surface area contributed by atoms with Crippen molar-refractivity contribution < 1.29 is 19.1 Å². The van der Waals surface area contributed by atoms with E-state index >= 15 is 0 Å². The largest absolute Gasteiger partial charge is 0.464 e. The molecule has 1 N–H and O–H groups in total. The van der Waals surface area contributed by atoms with Gasteiger partial charge in [0.2, 0.25) is 0 Å². The van der Waals surface area contributed by atoms with Gasteiger partial charge in [-0.3, -0.25) is 9.78 Å². The van der Waals surface area contributed by atoms with Crippen molar-refractivity contribution >= 4 is 24.0 Å². The van der Waals surface area contributed by atoms with Crippen LogP contribution < -0.4 is 5.32 Å². The highest BCUT2D eigenvalue weighted by Crippen LogP contribution is 2.13. The molecule has 0 unspecified atom stereocenters. The second-order valence-electron chi connectivity index (χ2n) is 9.99. The van der Waals surface area contributed by atoms with E-state index in [4.69, 9.17) is 9.47 Å². The topological polar surface area (TPSA) is 77.5 Å². The number of aromatic nitrogens is 1. The van der Waals surface area contributed by atoms with Crippen LogP contribution in [0.5, 0.6) is 0 Å². The van der Waals surface area contributed by atoms with Crippen molar-refractivity contribution in [2.45, 2.75) is 65.5 Å². The quantitative estimate of drug-likeness (QED) is 0.193. The summed E-state index contributed by atoms with van der Waals surface area (Å²) in [5.74, 6) is -0.808. The summed E-state index contributed by atoms with van der Waals surface area (Å²) in [6, 6.07) is 21.9. The van der Waals surface area contributed by atoms with E-state index in [9.17, 15) is 9.59 Å². The molecule has 0 aliphatic heterocycles. The number of hydrogen-bond donors (Lipinski definition) is 1. The van der Waals surface area contributed by atoms with Crippen molar-refractivity contribution in [3.63, 3.8) is 0 Å². The first-order chi connectivity index (χ1) is 18.8. The van der Waals surface area contributed by atoms with Crippen LogP contribution in [0.3, 0.4) is 0 Å². The lowest BCUT2D eigenvalue weighted by Crippen LogP contribution is -2.50. The molecule has 0 aliphatic rings. The van der Waals surface area contributed by atoms with E-state index in [1.807, 2.05) is 42.5 Å². The molecule has 0 fully saturated rings. The van der Waals surface area contributed by atoms with Gasteiger partial charge in [-0.2, -0.15) is 0 Å². The number of carbonyl (C=O) groups excluding carboxylic acids is 2. The number of nitrogens with one attached hydrogen (secondary N) is 1. The van der Waals surface area contributed by atoms with Crippen molar-refractivity contribution in [3.8, 4) is 0 Å². The summed E-state index contributed by atoms with van der Waals surface area (Å²) in [6.07, 6.45) is 8.07. The van der Waals surface area contributed by atoms with Gasteiger partial charge in [-0.15, -0.1) is 0 Å². The summed E-state index contributed by atoms with van der Waals surface area (Å²) in [5.41, 5.74) is 4.63. The highest BCUT2D eigenvalue weighted by Gasteiger charge is 2.31. The Hall–Kier alpha value is -3.77. The van der Waals surface area contributed by atoms with Crippen LogP contribution in [0, 0.1) is 0 Å². The van der Waals surface area contributed by atoms with E-state index in [0.29, 0.717) is 18.8 Å². The maximum atomic E-state index is 12.7. The number of pyridine rings is 1. The first-order valence-electron chi connectivity index (χ1n) is 13.7. The zero-order chi connectivity index (χ0) is 28.1. The van der Waals surface area contributed by atoms with Gasteiger partial charge in [0, 0.05) is 12.2 Å². The molecule has 2 aromatic carbocycles. The van der Waals surface area contributed by atoms with Crippen LogP contribution in [0.1, 0.15) is 79.0 Å². The number of hydrogen-bond acceptors (Lipinski definition) is 5. The average Bonchev–Trinajstić information content (AvgIpc) is 2.94. The molecule has 0 aliphatic carbocycles. The Morgan fingerprint density at radius 3 is 2.41 bits per heavy atom. The first-order valence-corrected chi connectivity index (χ1v) is 13.7. The Morgan fingerprint density at radius 1 is 0.923 bits per heavy atom. The maximum Gasteiger partial charge on any atom is 0.331 e. The molecule has 3 rings (SSSR count). The molecular weight excluding hydrogens is 488 g/mol. The molecule has 3 aromatic rings. The third-order valence-corrected chi connectivity index (χ3v) is 6.32. The number of rotatable bonds is 14. The predicted molar refractivity (Wildman–Crippen MR) is 156 cm³/mol. The lowest BCUT2D eigenvalue weighted by atomic mass is 10.0. The second kappa shape index (κ2) is 15.0. The average molecular weight is 529 g/mol. The normalized spacial score (nSPS) is 11.5. The van der Waals surface area contributed by atoms with Gasteiger partial charge in [0.1, 0.15) is 5.54 Å². The maximum absolute atomic E-state index is 12.7. The number of carbonyl (C=O) groups is 2. The fourth-order valence-corrected chi connectivity index (χ4v) is 4.01. The van der Waals surface area contributed by atoms with Crippen molar-refractivity contribution in [1.82, 2.24) is 10.3 Å². The van der Waals surface area contributed by atoms with Crippen LogP contribution in [0.15, 0.2) is 66.7 Å². The smallest absolute Gasteiger partial charge is 0.331 e. The van der Waals surface area contributed by atoms with Crippen molar-refractivity contribution in [3.05, 3.63) is 100 Å². The molecule has 1 aromatic heterocycles. The minimum absolute atomic E-state index is 0.258. The summed E-state index contributed by atoms with van der Waals surface area (Å²) in [7, 11) is 0. The molecule has 0 atom stereocenters. The SMILES string of the molecule is CCOC(=O)C(C)(C)NC(=O)c1cccc(/C=C/c2cccc(COCCCCc3ccc(CC)cc3)n2)c1. The first kappa shape index (κ1) is 29.8. The minimum atomic E-state index is -1.12. The van der Waals surface area contributed by atoms with E-state index in [1.54, 1.807) is 32.9 Å². The van der Waals surface area contributed by atoms with Crippen LogP contribution in [-0.4, -0.2) is 35.6 Å². The van der Waals surface area contributed by atoms with Crippen LogP contribution in [-0.2, 0) is 33.7 Å². The highest BCUT2D eigenvalue weighted by atomic mass is 16.5. The Kier molecular flexibility index (Phi) is 11.4. The fourth-order valence-electron chi connectivity index (χ4n) is 4.01. The van der Waals surface area contributed by atoms with Gasteiger partial charge in [0.05, 0.1) is 24.6 Å². The molecular formula is C33H40N2O4. The summed E-state index contributed by atoms with van der Waals surface area (Å²) < 4.78 is 10.9. The zero-order valence-electron chi connectivity index (χ0n) is 23.5. The third kappa shape index (κ3) is 9.80. The Balaban J connectivity index is 1.47. The van der Waals surface area contributed by atoms with Crippen LogP contribution >= 0.6 is 0 Å². The zero-order valence-corrected chi connectivity index (χ0v) is 23.5. The van der Waals surface area contributed by atoms with E-state index in [1.165, 1.54) is 11.1 Å². The van der Waals surface area contributed by atoms with E-state index < -0.39 is 11.5 Å². The second-order valence-corrected chi connectivity index (χ2v) is 9.99. The van der Waals surface area contributed by atoms with Gasteiger partial charge in [-0.05, 0) is 93.5 Å². The van der Waals surface area contributed by atoms with Gasteiger partial charge >= 0.3 is 5.97 Å². The number of unbranched alkanes of at least 4 members (excludes halogenated alkanes) is 1. The van der Waals surface area contributed by atoms with Gasteiger partial charge in [0.15, 0.2) is 0 Å². The molecule has 6 heteroatoms. The number of esters is 1. The van der Waals surface area contributed by atoms with Gasteiger partial charge in [-0.25, -0.2) is 4.79 Å². The van der Waals surface area contributed by atoms with E-state index in [0.717, 1.165) is 42.6 Å². The number of benzene rings is 2. The molecule has 39 heavy (non-hydrogen) atoms. The van der Waals surface area contributed by atoms with E-state index in [-0.39, 0.29) is 12.5 Å². The molecule has 6 nitrogen and oxygen atoms in total. The summed E-state index contributed by atoms with van der Waals surface area (Å²) in [5, 5.41) is 2.75. The molecule has 0 saturated heterocycles.